The van der Waals surface area contributed by atoms with Gasteiger partial charge < -0.3 is 16.4 Å². The Morgan fingerprint density at radius 2 is 1.86 bits per heavy atom. The molecule has 1 rings (SSSR count). The molecule has 0 aromatic heterocycles. The van der Waals surface area contributed by atoms with Crippen LogP contribution in [0, 0.1) is 6.92 Å². The molecule has 0 fully saturated rings. The van der Waals surface area contributed by atoms with Crippen LogP contribution >= 0.6 is 0 Å². The first-order chi connectivity index (χ1) is 10.1. The maximum absolute atomic E-state index is 12.2. The molecule has 1 atom stereocenters. The zero-order chi connectivity index (χ0) is 17.1. The van der Waals surface area contributed by atoms with Crippen LogP contribution in [0.15, 0.2) is 23.1 Å². The fourth-order valence-corrected chi connectivity index (χ4v) is 2.83. The first kappa shape index (κ1) is 17.9. The second-order valence-electron chi connectivity index (χ2n) is 4.99. The summed E-state index contributed by atoms with van der Waals surface area (Å²) in [6, 6.07) is 2.89. The Morgan fingerprint density at radius 1 is 1.27 bits per heavy atom. The van der Waals surface area contributed by atoms with Gasteiger partial charge in [-0.05, 0) is 31.5 Å². The van der Waals surface area contributed by atoms with Crippen molar-refractivity contribution < 1.29 is 18.0 Å². The molecule has 0 aliphatic rings. The molecule has 8 nitrogen and oxygen atoms in total. The lowest BCUT2D eigenvalue weighted by atomic mass is 10.2. The minimum Gasteiger partial charge on any atom is -0.352 e. The highest BCUT2D eigenvalue weighted by atomic mass is 32.2. The van der Waals surface area contributed by atoms with Gasteiger partial charge in [0, 0.05) is 19.8 Å². The number of rotatable bonds is 5. The molecule has 0 unspecified atom stereocenters. The summed E-state index contributed by atoms with van der Waals surface area (Å²) < 4.78 is 25.5. The average Bonchev–Trinajstić information content (AvgIpc) is 2.39. The number of amides is 3. The molecule has 9 heteroatoms. The first-order valence-electron chi connectivity index (χ1n) is 6.45. The van der Waals surface area contributed by atoms with E-state index in [4.69, 9.17) is 5.73 Å². The smallest absolute Gasteiger partial charge is 0.312 e. The molecule has 0 spiro atoms. The molecule has 0 aliphatic carbocycles. The number of anilines is 1. The Hall–Kier alpha value is -2.13. The monoisotopic (exact) mass is 328 g/mol. The Balaban J connectivity index is 3.05. The number of nitrogens with one attached hydrogen (secondary N) is 2. The second-order valence-corrected chi connectivity index (χ2v) is 7.11. The maximum Gasteiger partial charge on any atom is 0.312 e. The van der Waals surface area contributed by atoms with Crippen molar-refractivity contribution in [2.24, 2.45) is 5.73 Å². The summed E-state index contributed by atoms with van der Waals surface area (Å²) in [5, 5.41) is 4.77. The fourth-order valence-electron chi connectivity index (χ4n) is 1.68. The number of benzene rings is 1. The normalized spacial score (nSPS) is 12.8. The van der Waals surface area contributed by atoms with Crippen LogP contribution in [-0.2, 0) is 14.8 Å². The number of primary amides is 1. The highest BCUT2D eigenvalue weighted by molar-refractivity contribution is 7.89. The third-order valence-electron chi connectivity index (χ3n) is 2.97. The van der Waals surface area contributed by atoms with E-state index in [0.717, 1.165) is 4.31 Å². The van der Waals surface area contributed by atoms with Crippen molar-refractivity contribution in [3.8, 4) is 0 Å². The van der Waals surface area contributed by atoms with E-state index >= 15 is 0 Å². The number of nitrogens with two attached hydrogens (primary N) is 1. The van der Waals surface area contributed by atoms with Crippen molar-refractivity contribution in [2.75, 3.05) is 19.4 Å². The standard InChI is InChI=1S/C13H20N4O4S/c1-8-5-6-10(7-11(8)22(20,21)17(3)4)16-12(18)9(2)15-13(14)19/h5-7,9H,1-4H3,(H,16,18)(H3,14,15,19)/t9-/m0/s1. The third-order valence-corrected chi connectivity index (χ3v) is 4.92. The van der Waals surface area contributed by atoms with Crippen molar-refractivity contribution in [3.63, 3.8) is 0 Å². The molecule has 0 saturated heterocycles. The zero-order valence-corrected chi connectivity index (χ0v) is 13.7. The molecule has 122 valence electrons. The van der Waals surface area contributed by atoms with Crippen LogP contribution in [0.4, 0.5) is 10.5 Å². The fraction of sp³-hybridized carbons (Fsp3) is 0.385. The largest absolute Gasteiger partial charge is 0.352 e. The number of nitrogens with zero attached hydrogens (tertiary/aromatic N) is 1. The number of carbonyl (C=O) groups excluding carboxylic acids is 2. The van der Waals surface area contributed by atoms with Gasteiger partial charge in [-0.25, -0.2) is 17.5 Å². The molecule has 0 radical (unpaired) electrons. The van der Waals surface area contributed by atoms with Crippen molar-refractivity contribution in [2.45, 2.75) is 24.8 Å². The number of sulfonamides is 1. The van der Waals surface area contributed by atoms with E-state index in [2.05, 4.69) is 10.6 Å². The van der Waals surface area contributed by atoms with Gasteiger partial charge in [-0.3, -0.25) is 4.79 Å². The number of urea groups is 1. The molecule has 3 amide bonds. The lowest BCUT2D eigenvalue weighted by Crippen LogP contribution is -2.44. The topological polar surface area (TPSA) is 122 Å². The van der Waals surface area contributed by atoms with E-state index in [-0.39, 0.29) is 4.90 Å². The van der Waals surface area contributed by atoms with Crippen LogP contribution in [0.1, 0.15) is 12.5 Å². The van der Waals surface area contributed by atoms with Crippen LogP contribution in [0.5, 0.6) is 0 Å². The lowest BCUT2D eigenvalue weighted by molar-refractivity contribution is -0.117. The summed E-state index contributed by atoms with van der Waals surface area (Å²) >= 11 is 0. The first-order valence-corrected chi connectivity index (χ1v) is 7.89. The molecule has 22 heavy (non-hydrogen) atoms. The summed E-state index contributed by atoms with van der Waals surface area (Å²) in [5.41, 5.74) is 5.82. The highest BCUT2D eigenvalue weighted by Gasteiger charge is 2.21. The summed E-state index contributed by atoms with van der Waals surface area (Å²) in [6.45, 7) is 3.13. The zero-order valence-electron chi connectivity index (χ0n) is 12.9. The quantitative estimate of drug-likeness (QED) is 0.716. The van der Waals surface area contributed by atoms with Gasteiger partial charge in [0.15, 0.2) is 0 Å². The van der Waals surface area contributed by atoms with Crippen molar-refractivity contribution in [1.82, 2.24) is 9.62 Å². The van der Waals surface area contributed by atoms with E-state index in [1.807, 2.05) is 0 Å². The predicted molar refractivity (Wildman–Crippen MR) is 82.9 cm³/mol. The van der Waals surface area contributed by atoms with Gasteiger partial charge in [-0.1, -0.05) is 6.07 Å². The molecule has 0 heterocycles. The van der Waals surface area contributed by atoms with Crippen LogP contribution in [0.25, 0.3) is 0 Å². The van der Waals surface area contributed by atoms with Crippen LogP contribution in [0.2, 0.25) is 0 Å². The van der Waals surface area contributed by atoms with E-state index < -0.39 is 28.0 Å². The average molecular weight is 328 g/mol. The van der Waals surface area contributed by atoms with Crippen LogP contribution < -0.4 is 16.4 Å². The third kappa shape index (κ3) is 4.18. The van der Waals surface area contributed by atoms with Crippen molar-refractivity contribution in [3.05, 3.63) is 23.8 Å². The lowest BCUT2D eigenvalue weighted by Gasteiger charge is -2.16. The minimum absolute atomic E-state index is 0.103. The van der Waals surface area contributed by atoms with Crippen molar-refractivity contribution in [1.29, 1.82) is 0 Å². The summed E-state index contributed by atoms with van der Waals surface area (Å²) in [4.78, 5) is 22.7. The Kier molecular flexibility index (Phi) is 5.50. The van der Waals surface area contributed by atoms with E-state index in [1.54, 1.807) is 19.1 Å². The second kappa shape index (κ2) is 6.75. The predicted octanol–water partition coefficient (Wildman–Crippen LogP) is 0.241. The highest BCUT2D eigenvalue weighted by Crippen LogP contribution is 2.22. The van der Waals surface area contributed by atoms with Gasteiger partial charge in [0.1, 0.15) is 6.04 Å². The van der Waals surface area contributed by atoms with Gasteiger partial charge >= 0.3 is 6.03 Å². The van der Waals surface area contributed by atoms with E-state index in [9.17, 15) is 18.0 Å². The molecule has 0 aliphatic heterocycles. The van der Waals surface area contributed by atoms with Crippen LogP contribution in [0.3, 0.4) is 0 Å². The summed E-state index contributed by atoms with van der Waals surface area (Å²) in [6.07, 6.45) is 0. The molecule has 1 aromatic carbocycles. The molecule has 4 N–H and O–H groups in total. The Labute approximate surface area is 129 Å². The van der Waals surface area contributed by atoms with Gasteiger partial charge in [0.2, 0.25) is 15.9 Å². The van der Waals surface area contributed by atoms with Gasteiger partial charge in [0.25, 0.3) is 0 Å². The summed E-state index contributed by atoms with van der Waals surface area (Å²) in [7, 11) is -0.754. The number of hydrogen-bond acceptors (Lipinski definition) is 4. The number of carbonyl (C=O) groups is 2. The van der Waals surface area contributed by atoms with E-state index in [0.29, 0.717) is 11.3 Å². The molecule has 0 saturated carbocycles. The van der Waals surface area contributed by atoms with Gasteiger partial charge in [-0.2, -0.15) is 0 Å². The molecular weight excluding hydrogens is 308 g/mol. The van der Waals surface area contributed by atoms with Gasteiger partial charge in [-0.15, -0.1) is 0 Å². The Bertz CT molecular complexity index is 685. The van der Waals surface area contributed by atoms with Crippen LogP contribution in [-0.4, -0.2) is 44.8 Å². The van der Waals surface area contributed by atoms with Gasteiger partial charge in [0.05, 0.1) is 4.90 Å². The summed E-state index contributed by atoms with van der Waals surface area (Å²) in [5.74, 6) is -0.504. The molecular formula is C13H20N4O4S. The van der Waals surface area contributed by atoms with Crippen molar-refractivity contribution >= 4 is 27.6 Å². The SMILES string of the molecule is Cc1ccc(NC(=O)[C@H](C)NC(N)=O)cc1S(=O)(=O)N(C)C. The minimum atomic E-state index is -3.61. The number of aryl methyl sites for hydroxylation is 1. The maximum atomic E-state index is 12.2. The Morgan fingerprint density at radius 3 is 2.36 bits per heavy atom. The number of hydrogen-bond donors (Lipinski definition) is 3. The van der Waals surface area contributed by atoms with E-state index in [1.165, 1.54) is 27.1 Å². The molecule has 1 aromatic rings. The molecule has 0 bridgehead atoms.